The zero-order valence-electron chi connectivity index (χ0n) is 14.6. The van der Waals surface area contributed by atoms with Crippen LogP contribution in [-0.4, -0.2) is 18.4 Å². The van der Waals surface area contributed by atoms with Crippen molar-refractivity contribution in [1.29, 1.82) is 0 Å². The van der Waals surface area contributed by atoms with Crippen LogP contribution in [0.25, 0.3) is 0 Å². The maximum absolute atomic E-state index is 13.0. The van der Waals surface area contributed by atoms with Crippen molar-refractivity contribution in [3.8, 4) is 5.75 Å². The first-order chi connectivity index (χ1) is 13.5. The van der Waals surface area contributed by atoms with Gasteiger partial charge in [-0.05, 0) is 83.3 Å². The zero-order valence-corrected chi connectivity index (χ0v) is 16.8. The first-order valence-electron chi connectivity index (χ1n) is 8.35. The summed E-state index contributed by atoms with van der Waals surface area (Å²) in [7, 11) is 0. The van der Waals surface area contributed by atoms with Gasteiger partial charge in [0.1, 0.15) is 11.6 Å². The number of nitrogens with one attached hydrogen (secondary N) is 2. The summed E-state index contributed by atoms with van der Waals surface area (Å²) in [5.74, 6) is -0.865. The molecule has 0 radical (unpaired) electrons. The van der Waals surface area contributed by atoms with Crippen molar-refractivity contribution in [2.45, 2.75) is 0 Å². The highest BCUT2D eigenvalue weighted by Crippen LogP contribution is 2.20. The fraction of sp³-hybridized carbons (Fsp3) is 0.0476. The van der Waals surface area contributed by atoms with E-state index in [0.717, 1.165) is 3.57 Å². The molecule has 7 heteroatoms. The Morgan fingerprint density at radius 1 is 0.857 bits per heavy atom. The fourth-order valence-electron chi connectivity index (χ4n) is 2.39. The summed E-state index contributed by atoms with van der Waals surface area (Å²) in [6.45, 7) is -0.243. The number of carbonyl (C=O) groups excluding carboxylic acids is 2. The van der Waals surface area contributed by atoms with Crippen LogP contribution in [0.2, 0.25) is 0 Å². The van der Waals surface area contributed by atoms with Crippen molar-refractivity contribution < 1.29 is 18.7 Å². The Labute approximate surface area is 175 Å². The van der Waals surface area contributed by atoms with E-state index in [1.54, 1.807) is 36.4 Å². The van der Waals surface area contributed by atoms with Crippen molar-refractivity contribution >= 4 is 45.8 Å². The Hall–Kier alpha value is -2.94. The number of hydrogen-bond acceptors (Lipinski definition) is 3. The molecule has 3 aromatic carbocycles. The van der Waals surface area contributed by atoms with Gasteiger partial charge in [0.2, 0.25) is 0 Å². The third-order valence-electron chi connectivity index (χ3n) is 3.72. The molecule has 0 heterocycles. The van der Waals surface area contributed by atoms with Crippen molar-refractivity contribution in [3.05, 3.63) is 87.7 Å². The lowest BCUT2D eigenvalue weighted by Crippen LogP contribution is -2.21. The number of anilines is 2. The smallest absolute Gasteiger partial charge is 0.262 e. The van der Waals surface area contributed by atoms with Crippen LogP contribution in [-0.2, 0) is 4.79 Å². The van der Waals surface area contributed by atoms with E-state index in [1.807, 2.05) is 12.1 Å². The third kappa shape index (κ3) is 5.53. The Kier molecular flexibility index (Phi) is 6.59. The van der Waals surface area contributed by atoms with E-state index < -0.39 is 5.91 Å². The molecule has 3 rings (SSSR count). The van der Waals surface area contributed by atoms with E-state index in [-0.39, 0.29) is 29.6 Å². The molecule has 0 fully saturated rings. The highest BCUT2D eigenvalue weighted by molar-refractivity contribution is 14.1. The number of amides is 2. The molecule has 0 aliphatic rings. The monoisotopic (exact) mass is 490 g/mol. The third-order valence-corrected chi connectivity index (χ3v) is 4.44. The second-order valence-electron chi connectivity index (χ2n) is 5.80. The van der Waals surface area contributed by atoms with Gasteiger partial charge >= 0.3 is 0 Å². The van der Waals surface area contributed by atoms with Gasteiger partial charge in [-0.2, -0.15) is 0 Å². The lowest BCUT2D eigenvalue weighted by atomic mass is 10.2. The molecular weight excluding hydrogens is 474 g/mol. The summed E-state index contributed by atoms with van der Waals surface area (Å²) in [6, 6.07) is 19.4. The molecule has 0 aliphatic carbocycles. The molecule has 3 aromatic rings. The molecule has 0 aromatic heterocycles. The van der Waals surface area contributed by atoms with Crippen LogP contribution in [0.15, 0.2) is 72.8 Å². The largest absolute Gasteiger partial charge is 0.483 e. The predicted octanol–water partition coefficient (Wildman–Crippen LogP) is 4.70. The second kappa shape index (κ2) is 9.32. The van der Waals surface area contributed by atoms with Crippen LogP contribution in [0, 0.1) is 9.39 Å². The number of carbonyl (C=O) groups is 2. The Bertz CT molecular complexity index is 976. The molecule has 2 N–H and O–H groups in total. The average Bonchev–Trinajstić information content (AvgIpc) is 2.70. The normalized spacial score (nSPS) is 10.2. The summed E-state index contributed by atoms with van der Waals surface area (Å²) in [5, 5.41) is 5.40. The van der Waals surface area contributed by atoms with Gasteiger partial charge in [0.05, 0.1) is 5.56 Å². The van der Waals surface area contributed by atoms with Crippen LogP contribution < -0.4 is 15.4 Å². The summed E-state index contributed by atoms with van der Waals surface area (Å²) in [4.78, 5) is 24.6. The van der Waals surface area contributed by atoms with Gasteiger partial charge in [-0.15, -0.1) is 0 Å². The highest BCUT2D eigenvalue weighted by atomic mass is 127. The Morgan fingerprint density at radius 2 is 1.46 bits per heavy atom. The van der Waals surface area contributed by atoms with E-state index in [1.165, 1.54) is 24.3 Å². The number of ether oxygens (including phenoxy) is 1. The van der Waals surface area contributed by atoms with Gasteiger partial charge < -0.3 is 15.4 Å². The topological polar surface area (TPSA) is 67.4 Å². The number of para-hydroxylation sites is 1. The molecule has 5 nitrogen and oxygen atoms in total. The van der Waals surface area contributed by atoms with E-state index in [4.69, 9.17) is 4.74 Å². The maximum atomic E-state index is 13.0. The Balaban J connectivity index is 1.63. The van der Waals surface area contributed by atoms with Crippen LogP contribution in [0.1, 0.15) is 10.4 Å². The lowest BCUT2D eigenvalue weighted by Gasteiger charge is -2.12. The lowest BCUT2D eigenvalue weighted by molar-refractivity contribution is -0.118. The number of rotatable bonds is 6. The highest BCUT2D eigenvalue weighted by Gasteiger charge is 2.14. The van der Waals surface area contributed by atoms with Gasteiger partial charge in [-0.1, -0.05) is 12.1 Å². The predicted molar refractivity (Wildman–Crippen MR) is 114 cm³/mol. The molecule has 0 atom stereocenters. The van der Waals surface area contributed by atoms with E-state index in [0.29, 0.717) is 11.4 Å². The van der Waals surface area contributed by atoms with Crippen LogP contribution in [0.5, 0.6) is 5.75 Å². The van der Waals surface area contributed by atoms with Gasteiger partial charge in [-0.25, -0.2) is 4.39 Å². The standard InChI is InChI=1S/C21H16FIN2O3/c22-14-5-9-17(10-6-14)25-21(27)18-3-1-2-4-19(18)28-13-20(26)24-16-11-7-15(23)8-12-16/h1-12H,13H2,(H,24,26)(H,25,27). The SMILES string of the molecule is O=C(COc1ccccc1C(=O)Nc1ccc(F)cc1)Nc1ccc(I)cc1. The van der Waals surface area contributed by atoms with Crippen molar-refractivity contribution in [1.82, 2.24) is 0 Å². The second-order valence-corrected chi connectivity index (χ2v) is 7.05. The average molecular weight is 490 g/mol. The summed E-state index contributed by atoms with van der Waals surface area (Å²) in [6.07, 6.45) is 0. The molecule has 142 valence electrons. The van der Waals surface area contributed by atoms with Crippen LogP contribution in [0.3, 0.4) is 0 Å². The van der Waals surface area contributed by atoms with Gasteiger partial charge in [-0.3, -0.25) is 9.59 Å². The molecular formula is C21H16FIN2O3. The van der Waals surface area contributed by atoms with E-state index in [9.17, 15) is 14.0 Å². The molecule has 0 saturated carbocycles. The first-order valence-corrected chi connectivity index (χ1v) is 9.43. The molecule has 0 bridgehead atoms. The zero-order chi connectivity index (χ0) is 19.9. The summed E-state index contributed by atoms with van der Waals surface area (Å²) < 4.78 is 19.6. The number of halogens is 2. The number of hydrogen-bond donors (Lipinski definition) is 2. The quantitative estimate of drug-likeness (QED) is 0.493. The molecule has 0 saturated heterocycles. The van der Waals surface area contributed by atoms with E-state index in [2.05, 4.69) is 33.2 Å². The minimum atomic E-state index is -0.416. The van der Waals surface area contributed by atoms with Gasteiger partial charge in [0, 0.05) is 14.9 Å². The first kappa shape index (κ1) is 19.8. The summed E-state index contributed by atoms with van der Waals surface area (Å²) >= 11 is 2.18. The molecule has 0 aliphatic heterocycles. The number of benzene rings is 3. The molecule has 2 amide bonds. The van der Waals surface area contributed by atoms with Crippen LogP contribution in [0.4, 0.5) is 15.8 Å². The fourth-order valence-corrected chi connectivity index (χ4v) is 2.74. The minimum absolute atomic E-state index is 0.243. The molecule has 28 heavy (non-hydrogen) atoms. The van der Waals surface area contributed by atoms with Crippen molar-refractivity contribution in [3.63, 3.8) is 0 Å². The molecule has 0 unspecified atom stereocenters. The van der Waals surface area contributed by atoms with Crippen molar-refractivity contribution in [2.75, 3.05) is 17.2 Å². The Morgan fingerprint density at radius 3 is 2.18 bits per heavy atom. The van der Waals surface area contributed by atoms with Crippen LogP contribution >= 0.6 is 22.6 Å². The van der Waals surface area contributed by atoms with Crippen molar-refractivity contribution in [2.24, 2.45) is 0 Å². The minimum Gasteiger partial charge on any atom is -0.483 e. The molecule has 0 spiro atoms. The van der Waals surface area contributed by atoms with Gasteiger partial charge in [0.15, 0.2) is 6.61 Å². The van der Waals surface area contributed by atoms with E-state index >= 15 is 0 Å². The van der Waals surface area contributed by atoms with Gasteiger partial charge in [0.25, 0.3) is 11.8 Å². The maximum Gasteiger partial charge on any atom is 0.262 e. The summed E-state index contributed by atoms with van der Waals surface area (Å²) in [5.41, 5.74) is 1.39.